The minimum Gasteiger partial charge on any atom is -0.391 e. The number of carbonyl (C=O) groups is 1. The van der Waals surface area contributed by atoms with Gasteiger partial charge in [-0.25, -0.2) is 4.98 Å². The Balaban J connectivity index is 1.75. The van der Waals surface area contributed by atoms with E-state index in [4.69, 9.17) is 0 Å². The van der Waals surface area contributed by atoms with Gasteiger partial charge in [-0.1, -0.05) is 43.2 Å². The van der Waals surface area contributed by atoms with E-state index in [2.05, 4.69) is 10.3 Å². The molecule has 4 rings (SSSR count). The number of amides is 1. The van der Waals surface area contributed by atoms with Gasteiger partial charge in [-0.15, -0.1) is 0 Å². The Morgan fingerprint density at radius 1 is 1.19 bits per heavy atom. The zero-order valence-corrected chi connectivity index (χ0v) is 17.5. The van der Waals surface area contributed by atoms with Crippen LogP contribution >= 0.6 is 0 Å². The van der Waals surface area contributed by atoms with Crippen molar-refractivity contribution in [1.82, 2.24) is 19.8 Å². The molecule has 7 nitrogen and oxygen atoms in total. The normalized spacial score (nSPS) is 25.5. The zero-order valence-electron chi connectivity index (χ0n) is 17.5. The molecule has 1 unspecified atom stereocenters. The number of hydrogen-bond donors (Lipinski definition) is 3. The van der Waals surface area contributed by atoms with E-state index < -0.39 is 30.3 Å². The minimum absolute atomic E-state index is 0.0176. The fraction of sp³-hybridized carbons (Fsp3) is 0.545. The second kappa shape index (κ2) is 9.21. The van der Waals surface area contributed by atoms with Crippen molar-refractivity contribution in [3.05, 3.63) is 42.4 Å². The highest BCUT2D eigenvalue weighted by Crippen LogP contribution is 2.35. The van der Waals surface area contributed by atoms with E-state index in [0.29, 0.717) is 30.6 Å². The summed E-state index contributed by atoms with van der Waals surface area (Å²) in [5.74, 6) is -0.664. The van der Waals surface area contributed by atoms with Crippen molar-refractivity contribution in [2.75, 3.05) is 19.6 Å². The van der Waals surface area contributed by atoms with Crippen LogP contribution in [0.4, 0.5) is 13.2 Å². The van der Waals surface area contributed by atoms with E-state index >= 15 is 0 Å². The first-order chi connectivity index (χ1) is 15.3. The van der Waals surface area contributed by atoms with Crippen molar-refractivity contribution in [3.8, 4) is 11.3 Å². The Bertz CT molecular complexity index is 934. The molecule has 1 aliphatic heterocycles. The molecule has 1 saturated heterocycles. The number of rotatable bonds is 4. The van der Waals surface area contributed by atoms with E-state index in [1.807, 2.05) is 6.07 Å². The molecule has 1 aromatic carbocycles. The Morgan fingerprint density at radius 3 is 2.59 bits per heavy atom. The number of nitrogens with one attached hydrogen (secondary N) is 1. The van der Waals surface area contributed by atoms with Gasteiger partial charge in [-0.05, 0) is 12.8 Å². The summed E-state index contributed by atoms with van der Waals surface area (Å²) in [4.78, 5) is 18.9. The molecule has 0 radical (unpaired) electrons. The molecular formula is C22H27F3N4O3. The third-order valence-electron chi connectivity index (χ3n) is 6.34. The standard InChI is InChI=1S/C22H27F3N4O3/c23-22(24,25)20(31)16-12-26-10-11-28(16)21(32)18-19(14-6-2-1-3-7-14)29(13-27-18)15-8-4-5-9-17(15)30/h1-3,6-7,13,15-17,20,26,30-31H,4-5,8-12H2/t15-,16-,17+,20?/m0/s1. The Labute approximate surface area is 183 Å². The van der Waals surface area contributed by atoms with Crippen molar-refractivity contribution in [3.63, 3.8) is 0 Å². The SMILES string of the molecule is O=C(c1ncn([C@H]2CCCC[C@H]2O)c1-c1ccccc1)N1CCNC[C@H]1C(O)C(F)(F)F. The fourth-order valence-electron chi connectivity index (χ4n) is 4.68. The summed E-state index contributed by atoms with van der Waals surface area (Å²) in [6.45, 7) is 0.161. The van der Waals surface area contributed by atoms with Crippen LogP contribution in [0.3, 0.4) is 0 Å². The Kier molecular flexibility index (Phi) is 6.55. The predicted molar refractivity (Wildman–Crippen MR) is 111 cm³/mol. The molecule has 4 atom stereocenters. The number of aromatic nitrogens is 2. The van der Waals surface area contributed by atoms with Gasteiger partial charge in [0.05, 0.1) is 30.2 Å². The molecule has 0 bridgehead atoms. The number of carbonyl (C=O) groups excluding carboxylic acids is 1. The first-order valence-electron chi connectivity index (χ1n) is 10.9. The van der Waals surface area contributed by atoms with E-state index in [1.54, 1.807) is 28.8 Å². The van der Waals surface area contributed by atoms with Gasteiger partial charge in [-0.3, -0.25) is 4.79 Å². The molecule has 2 aliphatic rings. The van der Waals surface area contributed by atoms with Gasteiger partial charge >= 0.3 is 6.18 Å². The number of alkyl halides is 3. The molecule has 1 saturated carbocycles. The molecule has 32 heavy (non-hydrogen) atoms. The lowest BCUT2D eigenvalue weighted by Gasteiger charge is -2.39. The average molecular weight is 452 g/mol. The van der Waals surface area contributed by atoms with Crippen LogP contribution in [0, 0.1) is 0 Å². The number of imidazole rings is 1. The molecule has 1 amide bonds. The quantitative estimate of drug-likeness (QED) is 0.663. The number of benzene rings is 1. The second-order valence-electron chi connectivity index (χ2n) is 8.39. The van der Waals surface area contributed by atoms with Gasteiger partial charge in [0.25, 0.3) is 5.91 Å². The van der Waals surface area contributed by atoms with Crippen molar-refractivity contribution < 1.29 is 28.2 Å². The number of aliphatic hydroxyl groups excluding tert-OH is 2. The number of piperazine rings is 1. The van der Waals surface area contributed by atoms with E-state index in [0.717, 1.165) is 17.7 Å². The summed E-state index contributed by atoms with van der Waals surface area (Å²) in [5.41, 5.74) is 1.18. The molecule has 3 N–H and O–H groups in total. The highest BCUT2D eigenvalue weighted by molar-refractivity contribution is 5.98. The summed E-state index contributed by atoms with van der Waals surface area (Å²) >= 11 is 0. The Morgan fingerprint density at radius 2 is 1.91 bits per heavy atom. The average Bonchev–Trinajstić information content (AvgIpc) is 3.23. The minimum atomic E-state index is -4.85. The third kappa shape index (κ3) is 4.39. The van der Waals surface area contributed by atoms with Crippen molar-refractivity contribution in [2.45, 2.75) is 56.2 Å². The first kappa shape index (κ1) is 22.8. The summed E-state index contributed by atoms with van der Waals surface area (Å²) < 4.78 is 41.5. The maximum Gasteiger partial charge on any atom is 0.416 e. The third-order valence-corrected chi connectivity index (χ3v) is 6.34. The van der Waals surface area contributed by atoms with Gasteiger partial charge in [0.1, 0.15) is 0 Å². The lowest BCUT2D eigenvalue weighted by Crippen LogP contribution is -2.61. The van der Waals surface area contributed by atoms with Gasteiger partial charge in [0.15, 0.2) is 11.8 Å². The molecule has 1 aromatic heterocycles. The number of nitrogens with zero attached hydrogens (tertiary/aromatic N) is 3. The van der Waals surface area contributed by atoms with E-state index in [1.165, 1.54) is 6.33 Å². The number of halogens is 3. The molecular weight excluding hydrogens is 425 g/mol. The van der Waals surface area contributed by atoms with E-state index in [-0.39, 0.29) is 24.8 Å². The largest absolute Gasteiger partial charge is 0.416 e. The highest BCUT2D eigenvalue weighted by Gasteiger charge is 2.48. The number of aliphatic hydroxyl groups is 2. The molecule has 1 aliphatic carbocycles. The molecule has 0 spiro atoms. The van der Waals surface area contributed by atoms with Gasteiger partial charge in [-0.2, -0.15) is 13.2 Å². The van der Waals surface area contributed by atoms with Crippen LogP contribution in [-0.2, 0) is 0 Å². The monoisotopic (exact) mass is 452 g/mol. The van der Waals surface area contributed by atoms with Crippen LogP contribution in [-0.4, -0.2) is 74.6 Å². The summed E-state index contributed by atoms with van der Waals surface area (Å²) in [6, 6.07) is 7.32. The van der Waals surface area contributed by atoms with Crippen molar-refractivity contribution in [2.24, 2.45) is 0 Å². The van der Waals surface area contributed by atoms with Crippen LogP contribution < -0.4 is 5.32 Å². The summed E-state index contributed by atoms with van der Waals surface area (Å²) in [6.07, 6.45) is -3.43. The summed E-state index contributed by atoms with van der Waals surface area (Å²) in [7, 11) is 0. The smallest absolute Gasteiger partial charge is 0.391 e. The topological polar surface area (TPSA) is 90.6 Å². The summed E-state index contributed by atoms with van der Waals surface area (Å²) in [5, 5.41) is 23.3. The van der Waals surface area contributed by atoms with Crippen molar-refractivity contribution in [1.29, 1.82) is 0 Å². The fourth-order valence-corrected chi connectivity index (χ4v) is 4.68. The zero-order chi connectivity index (χ0) is 22.9. The van der Waals surface area contributed by atoms with Crippen LogP contribution in [0.5, 0.6) is 0 Å². The van der Waals surface area contributed by atoms with Gasteiger partial charge in [0, 0.05) is 25.2 Å². The predicted octanol–water partition coefficient (Wildman–Crippen LogP) is 2.36. The van der Waals surface area contributed by atoms with Crippen molar-refractivity contribution >= 4 is 5.91 Å². The second-order valence-corrected chi connectivity index (χ2v) is 8.39. The number of hydrogen-bond acceptors (Lipinski definition) is 5. The molecule has 10 heteroatoms. The Hall–Kier alpha value is -2.43. The molecule has 2 aromatic rings. The lowest BCUT2D eigenvalue weighted by atomic mass is 9.92. The first-order valence-corrected chi connectivity index (χ1v) is 10.9. The van der Waals surface area contributed by atoms with Crippen LogP contribution in [0.25, 0.3) is 11.3 Å². The van der Waals surface area contributed by atoms with Crippen LogP contribution in [0.2, 0.25) is 0 Å². The molecule has 174 valence electrons. The van der Waals surface area contributed by atoms with Crippen LogP contribution in [0.1, 0.15) is 42.2 Å². The highest BCUT2D eigenvalue weighted by atomic mass is 19.4. The lowest BCUT2D eigenvalue weighted by molar-refractivity contribution is -0.220. The van der Waals surface area contributed by atoms with Crippen LogP contribution in [0.15, 0.2) is 36.7 Å². The maximum absolute atomic E-state index is 13.5. The van der Waals surface area contributed by atoms with Gasteiger partial charge in [0.2, 0.25) is 0 Å². The van der Waals surface area contributed by atoms with Gasteiger partial charge < -0.3 is 25.0 Å². The van der Waals surface area contributed by atoms with E-state index in [9.17, 15) is 28.2 Å². The molecule has 2 heterocycles. The molecule has 2 fully saturated rings. The maximum atomic E-state index is 13.5.